The summed E-state index contributed by atoms with van der Waals surface area (Å²) in [5.74, 6) is 0.517. The van der Waals surface area contributed by atoms with Gasteiger partial charge in [0, 0.05) is 19.6 Å². The van der Waals surface area contributed by atoms with E-state index in [9.17, 15) is 9.90 Å². The van der Waals surface area contributed by atoms with Gasteiger partial charge in [0.2, 0.25) is 5.91 Å². The maximum Gasteiger partial charge on any atom is 0.222 e. The molecule has 1 saturated heterocycles. The highest BCUT2D eigenvalue weighted by molar-refractivity contribution is 5.76. The number of hydrogen-bond acceptors (Lipinski definition) is 3. The van der Waals surface area contributed by atoms with Crippen LogP contribution >= 0.6 is 0 Å². The molecule has 15 heavy (non-hydrogen) atoms. The van der Waals surface area contributed by atoms with Crippen molar-refractivity contribution < 1.29 is 15.0 Å². The Hall–Kier alpha value is -0.610. The molecule has 0 aliphatic carbocycles. The summed E-state index contributed by atoms with van der Waals surface area (Å²) >= 11 is 0. The zero-order valence-corrected chi connectivity index (χ0v) is 9.35. The van der Waals surface area contributed by atoms with E-state index in [0.29, 0.717) is 18.8 Å². The van der Waals surface area contributed by atoms with E-state index in [2.05, 4.69) is 6.92 Å². The first kappa shape index (κ1) is 12.5. The van der Waals surface area contributed by atoms with Crippen molar-refractivity contribution in [1.82, 2.24) is 4.90 Å². The maximum absolute atomic E-state index is 11.8. The molecule has 0 bridgehead atoms. The van der Waals surface area contributed by atoms with Gasteiger partial charge in [-0.25, -0.2) is 0 Å². The number of carbonyl (C=O) groups excluding carboxylic acids is 1. The summed E-state index contributed by atoms with van der Waals surface area (Å²) in [7, 11) is 0. The number of likely N-dealkylation sites (tertiary alicyclic amines) is 1. The lowest BCUT2D eigenvalue weighted by molar-refractivity contribution is -0.133. The molecule has 0 saturated carbocycles. The molecule has 0 aromatic heterocycles. The summed E-state index contributed by atoms with van der Waals surface area (Å²) in [6.45, 7) is 3.05. The van der Waals surface area contributed by atoms with Crippen LogP contribution in [0, 0.1) is 5.92 Å². The third-order valence-corrected chi connectivity index (χ3v) is 3.19. The third kappa shape index (κ3) is 3.18. The predicted molar refractivity (Wildman–Crippen MR) is 57.3 cm³/mol. The SMILES string of the molecule is CC1CCN(C(=O)CCCCO)C1CO. The van der Waals surface area contributed by atoms with Gasteiger partial charge in [-0.05, 0) is 25.2 Å². The number of aliphatic hydroxyl groups excluding tert-OH is 2. The van der Waals surface area contributed by atoms with Gasteiger partial charge in [-0.15, -0.1) is 0 Å². The highest BCUT2D eigenvalue weighted by Gasteiger charge is 2.33. The molecule has 4 heteroatoms. The maximum atomic E-state index is 11.8. The van der Waals surface area contributed by atoms with Gasteiger partial charge in [0.05, 0.1) is 12.6 Å². The normalized spacial score (nSPS) is 25.9. The third-order valence-electron chi connectivity index (χ3n) is 3.19. The van der Waals surface area contributed by atoms with Crippen LogP contribution in [0.4, 0.5) is 0 Å². The van der Waals surface area contributed by atoms with E-state index in [4.69, 9.17) is 5.11 Å². The van der Waals surface area contributed by atoms with Gasteiger partial charge < -0.3 is 15.1 Å². The first-order valence-corrected chi connectivity index (χ1v) is 5.72. The van der Waals surface area contributed by atoms with E-state index in [0.717, 1.165) is 19.4 Å². The van der Waals surface area contributed by atoms with E-state index >= 15 is 0 Å². The van der Waals surface area contributed by atoms with Gasteiger partial charge in [0.15, 0.2) is 0 Å². The van der Waals surface area contributed by atoms with Crippen molar-refractivity contribution in [3.8, 4) is 0 Å². The number of amides is 1. The largest absolute Gasteiger partial charge is 0.396 e. The molecule has 1 aliphatic rings. The lowest BCUT2D eigenvalue weighted by atomic mass is 10.0. The molecular weight excluding hydrogens is 194 g/mol. The molecule has 0 aromatic rings. The second-order valence-corrected chi connectivity index (χ2v) is 4.28. The van der Waals surface area contributed by atoms with Crippen LogP contribution in [0.1, 0.15) is 32.6 Å². The molecule has 88 valence electrons. The standard InChI is InChI=1S/C11H21NO3/c1-9-5-6-12(10(9)8-14)11(15)4-2-3-7-13/h9-10,13-14H,2-8H2,1H3. The van der Waals surface area contributed by atoms with Crippen molar-refractivity contribution in [3.63, 3.8) is 0 Å². The number of carbonyl (C=O) groups is 1. The minimum atomic E-state index is 0.00614. The minimum absolute atomic E-state index is 0.00614. The quantitative estimate of drug-likeness (QED) is 0.652. The van der Waals surface area contributed by atoms with Crippen molar-refractivity contribution in [2.75, 3.05) is 19.8 Å². The molecule has 2 atom stereocenters. The highest BCUT2D eigenvalue weighted by Crippen LogP contribution is 2.24. The fourth-order valence-electron chi connectivity index (χ4n) is 2.13. The summed E-state index contributed by atoms with van der Waals surface area (Å²) in [5, 5.41) is 17.8. The number of hydrogen-bond donors (Lipinski definition) is 2. The summed E-state index contributed by atoms with van der Waals surface area (Å²) in [6, 6.07) is 0.00614. The zero-order chi connectivity index (χ0) is 11.3. The first-order valence-electron chi connectivity index (χ1n) is 5.72. The summed E-state index contributed by atoms with van der Waals surface area (Å²) in [4.78, 5) is 13.6. The Balaban J connectivity index is 2.38. The van der Waals surface area contributed by atoms with Crippen LogP contribution in [0.2, 0.25) is 0 Å². The summed E-state index contributed by atoms with van der Waals surface area (Å²) in [5.41, 5.74) is 0. The van der Waals surface area contributed by atoms with Gasteiger partial charge in [-0.2, -0.15) is 0 Å². The van der Waals surface area contributed by atoms with Crippen LogP contribution < -0.4 is 0 Å². The summed E-state index contributed by atoms with van der Waals surface area (Å²) in [6.07, 6.45) is 2.89. The Kier molecular flexibility index (Phi) is 5.05. The second kappa shape index (κ2) is 6.08. The van der Waals surface area contributed by atoms with Gasteiger partial charge in [-0.3, -0.25) is 4.79 Å². The van der Waals surface area contributed by atoms with Gasteiger partial charge in [-0.1, -0.05) is 6.92 Å². The van der Waals surface area contributed by atoms with Crippen molar-refractivity contribution in [3.05, 3.63) is 0 Å². The Bertz CT molecular complexity index is 208. The Morgan fingerprint density at radius 3 is 2.73 bits per heavy atom. The molecule has 1 fully saturated rings. The minimum Gasteiger partial charge on any atom is -0.396 e. The van der Waals surface area contributed by atoms with Crippen LogP contribution in [0.15, 0.2) is 0 Å². The molecule has 1 amide bonds. The molecule has 2 N–H and O–H groups in total. The molecule has 4 nitrogen and oxygen atoms in total. The smallest absolute Gasteiger partial charge is 0.222 e. The molecule has 0 radical (unpaired) electrons. The number of rotatable bonds is 5. The number of nitrogens with zero attached hydrogens (tertiary/aromatic N) is 1. The van der Waals surface area contributed by atoms with E-state index in [1.807, 2.05) is 0 Å². The Morgan fingerprint density at radius 1 is 1.40 bits per heavy atom. The van der Waals surface area contributed by atoms with Crippen LogP contribution in [0.5, 0.6) is 0 Å². The first-order chi connectivity index (χ1) is 7.20. The average Bonchev–Trinajstić information content (AvgIpc) is 2.59. The van der Waals surface area contributed by atoms with Crippen molar-refractivity contribution in [1.29, 1.82) is 0 Å². The van der Waals surface area contributed by atoms with Gasteiger partial charge in [0.1, 0.15) is 0 Å². The average molecular weight is 215 g/mol. The number of aliphatic hydroxyl groups is 2. The lowest BCUT2D eigenvalue weighted by Crippen LogP contribution is -2.39. The zero-order valence-electron chi connectivity index (χ0n) is 9.35. The van der Waals surface area contributed by atoms with Crippen LogP contribution in [0.3, 0.4) is 0 Å². The molecule has 0 aromatic carbocycles. The molecule has 1 rings (SSSR count). The van der Waals surface area contributed by atoms with Crippen LogP contribution in [0.25, 0.3) is 0 Å². The van der Waals surface area contributed by atoms with Crippen LogP contribution in [-0.2, 0) is 4.79 Å². The molecule has 1 aliphatic heterocycles. The summed E-state index contributed by atoms with van der Waals surface area (Å²) < 4.78 is 0. The highest BCUT2D eigenvalue weighted by atomic mass is 16.3. The van der Waals surface area contributed by atoms with Crippen molar-refractivity contribution >= 4 is 5.91 Å². The topological polar surface area (TPSA) is 60.8 Å². The predicted octanol–water partition coefficient (Wildman–Crippen LogP) is 0.378. The molecular formula is C11H21NO3. The van der Waals surface area contributed by atoms with E-state index in [1.54, 1.807) is 4.90 Å². The van der Waals surface area contributed by atoms with Crippen LogP contribution in [-0.4, -0.2) is 46.8 Å². The molecule has 0 spiro atoms. The van der Waals surface area contributed by atoms with Gasteiger partial charge in [0.25, 0.3) is 0 Å². The monoisotopic (exact) mass is 215 g/mol. The lowest BCUT2D eigenvalue weighted by Gasteiger charge is -2.25. The Labute approximate surface area is 90.9 Å². The molecule has 2 unspecified atom stereocenters. The van der Waals surface area contributed by atoms with Gasteiger partial charge >= 0.3 is 0 Å². The van der Waals surface area contributed by atoms with E-state index in [-0.39, 0.29) is 25.2 Å². The molecule has 1 heterocycles. The fourth-order valence-corrected chi connectivity index (χ4v) is 2.13. The number of unbranched alkanes of at least 4 members (excludes halogenated alkanes) is 1. The van der Waals surface area contributed by atoms with Crippen molar-refractivity contribution in [2.45, 2.75) is 38.6 Å². The van der Waals surface area contributed by atoms with E-state index in [1.165, 1.54) is 0 Å². The van der Waals surface area contributed by atoms with E-state index < -0.39 is 0 Å². The Morgan fingerprint density at radius 2 is 2.13 bits per heavy atom. The second-order valence-electron chi connectivity index (χ2n) is 4.28. The fraction of sp³-hybridized carbons (Fsp3) is 0.909. The van der Waals surface area contributed by atoms with Crippen molar-refractivity contribution in [2.24, 2.45) is 5.92 Å².